The Hall–Kier alpha value is -2.17. The van der Waals surface area contributed by atoms with Gasteiger partial charge in [0.1, 0.15) is 0 Å². The lowest BCUT2D eigenvalue weighted by atomic mass is 9.80. The van der Waals surface area contributed by atoms with E-state index in [1.807, 2.05) is 6.92 Å². The molecular formula is C26H31F3O2. The molecule has 0 N–H and O–H groups in total. The van der Waals surface area contributed by atoms with Crippen molar-refractivity contribution in [1.29, 1.82) is 0 Å². The van der Waals surface area contributed by atoms with Gasteiger partial charge in [0.05, 0.1) is 6.61 Å². The van der Waals surface area contributed by atoms with Crippen molar-refractivity contribution in [3.63, 3.8) is 0 Å². The molecule has 31 heavy (non-hydrogen) atoms. The molecule has 2 aromatic rings. The molecule has 0 aromatic heterocycles. The molecule has 2 aromatic carbocycles. The number of benzene rings is 2. The highest BCUT2D eigenvalue weighted by molar-refractivity contribution is 5.54. The van der Waals surface area contributed by atoms with Crippen molar-refractivity contribution in [2.75, 3.05) is 6.61 Å². The van der Waals surface area contributed by atoms with Crippen LogP contribution in [0.25, 0.3) is 0 Å². The molecule has 1 aliphatic carbocycles. The zero-order valence-electron chi connectivity index (χ0n) is 18.4. The molecule has 4 rings (SSSR count). The molecule has 168 valence electrons. The average Bonchev–Trinajstić information content (AvgIpc) is 2.77. The van der Waals surface area contributed by atoms with Crippen LogP contribution in [0.15, 0.2) is 18.2 Å². The van der Waals surface area contributed by atoms with E-state index in [1.54, 1.807) is 18.2 Å². The fourth-order valence-corrected chi connectivity index (χ4v) is 4.96. The molecule has 1 heterocycles. The molecule has 1 aliphatic heterocycles. The average molecular weight is 433 g/mol. The van der Waals surface area contributed by atoms with Gasteiger partial charge in [0.25, 0.3) is 0 Å². The molecule has 0 amide bonds. The first-order valence-electron chi connectivity index (χ1n) is 11.6. The molecule has 0 bridgehead atoms. The van der Waals surface area contributed by atoms with Crippen LogP contribution in [0.3, 0.4) is 0 Å². The number of ether oxygens (including phenoxy) is 2. The van der Waals surface area contributed by atoms with Gasteiger partial charge in [0.15, 0.2) is 23.1 Å². The summed E-state index contributed by atoms with van der Waals surface area (Å²) < 4.78 is 55.5. The predicted molar refractivity (Wildman–Crippen MR) is 115 cm³/mol. The van der Waals surface area contributed by atoms with Crippen molar-refractivity contribution < 1.29 is 22.6 Å². The summed E-state index contributed by atoms with van der Waals surface area (Å²) in [5.41, 5.74) is 1.50. The Morgan fingerprint density at radius 2 is 1.58 bits per heavy atom. The molecular weight excluding hydrogens is 401 g/mol. The van der Waals surface area contributed by atoms with E-state index in [4.69, 9.17) is 9.47 Å². The quantitative estimate of drug-likeness (QED) is 0.380. The molecule has 0 atom stereocenters. The molecule has 5 heteroatoms. The van der Waals surface area contributed by atoms with E-state index in [1.165, 1.54) is 25.7 Å². The molecule has 1 fully saturated rings. The number of fused-ring (bicyclic) bond motifs is 2. The Morgan fingerprint density at radius 1 is 0.871 bits per heavy atom. The van der Waals surface area contributed by atoms with Crippen molar-refractivity contribution in [3.05, 3.63) is 52.3 Å². The van der Waals surface area contributed by atoms with E-state index in [2.05, 4.69) is 6.92 Å². The summed E-state index contributed by atoms with van der Waals surface area (Å²) in [6.07, 6.45) is 8.59. The Balaban J connectivity index is 1.47. The minimum Gasteiger partial charge on any atom is -0.490 e. The fraction of sp³-hybridized carbons (Fsp3) is 0.538. The number of hydrogen-bond acceptors (Lipinski definition) is 2. The SMILES string of the molecule is CCCc1cc2c(c(F)c1F)Oc1c(ccc(OCC3CCC(CCC)CC3)c1F)C2. The van der Waals surface area contributed by atoms with Crippen LogP contribution in [0, 0.1) is 29.3 Å². The predicted octanol–water partition coefficient (Wildman–Crippen LogP) is 7.74. The second kappa shape index (κ2) is 9.54. The van der Waals surface area contributed by atoms with Gasteiger partial charge in [0.2, 0.25) is 11.6 Å². The third kappa shape index (κ3) is 4.56. The van der Waals surface area contributed by atoms with Crippen molar-refractivity contribution in [1.82, 2.24) is 0 Å². The van der Waals surface area contributed by atoms with Gasteiger partial charge in [-0.2, -0.15) is 8.78 Å². The van der Waals surface area contributed by atoms with Crippen LogP contribution < -0.4 is 9.47 Å². The van der Waals surface area contributed by atoms with Gasteiger partial charge >= 0.3 is 0 Å². The number of halogens is 3. The Kier molecular flexibility index (Phi) is 6.78. The first-order chi connectivity index (χ1) is 15.0. The van der Waals surface area contributed by atoms with E-state index in [9.17, 15) is 8.78 Å². The van der Waals surface area contributed by atoms with Gasteiger partial charge in [-0.3, -0.25) is 0 Å². The standard InChI is InChI=1S/C26H31F3O2/c1-3-5-16-7-9-17(10-8-16)15-30-21-12-11-19-14-20-13-18(6-4-2)22(27)24(29)26(20)31-25(19)23(21)28/h11-13,16-17H,3-10,14-15H2,1-2H3. The highest BCUT2D eigenvalue weighted by Crippen LogP contribution is 2.44. The number of rotatable bonds is 7. The summed E-state index contributed by atoms with van der Waals surface area (Å²) in [4.78, 5) is 0. The van der Waals surface area contributed by atoms with Gasteiger partial charge in [-0.05, 0) is 48.8 Å². The topological polar surface area (TPSA) is 18.5 Å². The van der Waals surface area contributed by atoms with Crippen LogP contribution in [0.5, 0.6) is 17.2 Å². The zero-order chi connectivity index (χ0) is 22.0. The summed E-state index contributed by atoms with van der Waals surface area (Å²) in [5, 5.41) is 0. The molecule has 0 saturated heterocycles. The molecule has 0 spiro atoms. The van der Waals surface area contributed by atoms with Crippen LogP contribution >= 0.6 is 0 Å². The summed E-state index contributed by atoms with van der Waals surface area (Å²) >= 11 is 0. The molecule has 0 radical (unpaired) electrons. The molecule has 2 nitrogen and oxygen atoms in total. The smallest absolute Gasteiger partial charge is 0.207 e. The van der Waals surface area contributed by atoms with Crippen LogP contribution in [0.1, 0.15) is 75.5 Å². The Morgan fingerprint density at radius 3 is 2.29 bits per heavy atom. The van der Waals surface area contributed by atoms with E-state index in [-0.39, 0.29) is 17.2 Å². The Bertz CT molecular complexity index is 933. The Labute approximate surface area is 182 Å². The van der Waals surface area contributed by atoms with Gasteiger partial charge in [-0.1, -0.05) is 52.0 Å². The first kappa shape index (κ1) is 22.0. The monoisotopic (exact) mass is 432 g/mol. The van der Waals surface area contributed by atoms with Crippen molar-refractivity contribution in [2.45, 2.75) is 71.6 Å². The van der Waals surface area contributed by atoms with Crippen LogP contribution in [0.4, 0.5) is 13.2 Å². The zero-order valence-corrected chi connectivity index (χ0v) is 18.4. The van der Waals surface area contributed by atoms with Crippen molar-refractivity contribution in [2.24, 2.45) is 11.8 Å². The lowest BCUT2D eigenvalue weighted by molar-refractivity contribution is 0.173. The maximum atomic E-state index is 15.1. The van der Waals surface area contributed by atoms with Crippen molar-refractivity contribution >= 4 is 0 Å². The van der Waals surface area contributed by atoms with E-state index in [0.29, 0.717) is 48.5 Å². The fourth-order valence-electron chi connectivity index (χ4n) is 4.96. The van der Waals surface area contributed by atoms with Crippen molar-refractivity contribution in [3.8, 4) is 17.2 Å². The minimum absolute atomic E-state index is 0.0572. The van der Waals surface area contributed by atoms with Crippen LogP contribution in [0.2, 0.25) is 0 Å². The summed E-state index contributed by atoms with van der Waals surface area (Å²) in [6, 6.07) is 5.02. The molecule has 1 saturated carbocycles. The summed E-state index contributed by atoms with van der Waals surface area (Å²) in [7, 11) is 0. The lowest BCUT2D eigenvalue weighted by Gasteiger charge is -2.28. The molecule has 2 aliphatic rings. The largest absolute Gasteiger partial charge is 0.490 e. The van der Waals surface area contributed by atoms with Crippen LogP contribution in [-0.4, -0.2) is 6.61 Å². The third-order valence-electron chi connectivity index (χ3n) is 6.70. The number of aryl methyl sites for hydroxylation is 1. The first-order valence-corrected chi connectivity index (χ1v) is 11.6. The van der Waals surface area contributed by atoms with Gasteiger partial charge in [-0.15, -0.1) is 0 Å². The third-order valence-corrected chi connectivity index (χ3v) is 6.70. The van der Waals surface area contributed by atoms with Gasteiger partial charge in [-0.25, -0.2) is 4.39 Å². The highest BCUT2D eigenvalue weighted by atomic mass is 19.2. The van der Waals surface area contributed by atoms with Gasteiger partial charge < -0.3 is 9.47 Å². The van der Waals surface area contributed by atoms with E-state index < -0.39 is 17.5 Å². The summed E-state index contributed by atoms with van der Waals surface area (Å²) in [6.45, 7) is 4.60. The maximum Gasteiger partial charge on any atom is 0.207 e. The van der Waals surface area contributed by atoms with Crippen LogP contribution in [-0.2, 0) is 12.8 Å². The number of hydrogen-bond donors (Lipinski definition) is 0. The highest BCUT2D eigenvalue weighted by Gasteiger charge is 2.29. The minimum atomic E-state index is -1.04. The van der Waals surface area contributed by atoms with Gasteiger partial charge in [0, 0.05) is 17.5 Å². The van der Waals surface area contributed by atoms with E-state index >= 15 is 4.39 Å². The maximum absolute atomic E-state index is 15.1. The normalized spacial score (nSPS) is 20.0. The second-order valence-corrected chi connectivity index (χ2v) is 9.03. The lowest BCUT2D eigenvalue weighted by Crippen LogP contribution is -2.20. The summed E-state index contributed by atoms with van der Waals surface area (Å²) in [5.74, 6) is -1.51. The van der Waals surface area contributed by atoms with E-state index in [0.717, 1.165) is 18.8 Å². The second-order valence-electron chi connectivity index (χ2n) is 9.03. The molecule has 0 unspecified atom stereocenters.